The average Bonchev–Trinajstić information content (AvgIpc) is 3.36. The molecule has 1 aliphatic heterocycles. The number of methoxy groups -OCH3 is 1. The van der Waals surface area contributed by atoms with E-state index in [1.54, 1.807) is 13.3 Å². The lowest BCUT2D eigenvalue weighted by molar-refractivity contribution is -0.139. The highest BCUT2D eigenvalue weighted by atomic mass is 35.5. The van der Waals surface area contributed by atoms with Gasteiger partial charge in [-0.3, -0.25) is 9.78 Å². The van der Waals surface area contributed by atoms with E-state index in [9.17, 15) is 15.0 Å². The van der Waals surface area contributed by atoms with E-state index < -0.39 is 12.1 Å². The summed E-state index contributed by atoms with van der Waals surface area (Å²) < 4.78 is 5.36. The summed E-state index contributed by atoms with van der Waals surface area (Å²) in [7, 11) is 1.61. The monoisotopic (exact) mass is 520 g/mol. The number of aliphatic hydroxyl groups is 1. The number of rotatable bonds is 11. The number of ether oxygens (including phenoxy) is 1. The molecule has 2 heterocycles. The van der Waals surface area contributed by atoms with Gasteiger partial charge in [0.1, 0.15) is 5.75 Å². The van der Waals surface area contributed by atoms with Crippen LogP contribution in [0.4, 0.5) is 0 Å². The van der Waals surface area contributed by atoms with Crippen LogP contribution in [0.5, 0.6) is 5.75 Å². The number of hydrogen-bond acceptors (Lipinski definition) is 6. The Bertz CT molecular complexity index is 1000. The number of halogens is 1. The van der Waals surface area contributed by atoms with Gasteiger partial charge in [0.15, 0.2) is 0 Å². The number of likely N-dealkylation sites (tertiary alicyclic amines) is 1. The molecule has 2 fully saturated rings. The van der Waals surface area contributed by atoms with E-state index in [-0.39, 0.29) is 18.3 Å². The zero-order valence-electron chi connectivity index (χ0n) is 20.5. The number of nitrogens with zero attached hydrogens (tertiary/aromatic N) is 2. The quantitative estimate of drug-likeness (QED) is 0.387. The summed E-state index contributed by atoms with van der Waals surface area (Å²) in [6.07, 6.45) is 8.73. The van der Waals surface area contributed by atoms with Gasteiger partial charge in [0.2, 0.25) is 0 Å². The molecule has 1 aliphatic carbocycles. The lowest BCUT2D eigenvalue weighted by Crippen LogP contribution is -2.42. The molecule has 35 heavy (non-hydrogen) atoms. The van der Waals surface area contributed by atoms with E-state index in [0.717, 1.165) is 54.4 Å². The molecule has 0 unspecified atom stereocenters. The highest BCUT2D eigenvalue weighted by Gasteiger charge is 2.31. The highest BCUT2D eigenvalue weighted by Crippen LogP contribution is 2.37. The van der Waals surface area contributed by atoms with Crippen molar-refractivity contribution < 1.29 is 19.7 Å². The molecule has 2 aromatic rings. The first-order valence-corrected chi connectivity index (χ1v) is 14.2. The zero-order chi connectivity index (χ0) is 24.8. The van der Waals surface area contributed by atoms with Crippen LogP contribution < -0.4 is 4.74 Å². The van der Waals surface area contributed by atoms with Crippen LogP contribution in [0.25, 0.3) is 10.9 Å². The predicted molar refractivity (Wildman–Crippen MR) is 143 cm³/mol. The van der Waals surface area contributed by atoms with Gasteiger partial charge in [-0.05, 0) is 68.7 Å². The molecule has 1 aromatic heterocycles. The first-order valence-electron chi connectivity index (χ1n) is 12.8. The average molecular weight is 521 g/mol. The van der Waals surface area contributed by atoms with Crippen molar-refractivity contribution in [1.82, 2.24) is 9.88 Å². The van der Waals surface area contributed by atoms with Gasteiger partial charge >= 0.3 is 5.97 Å². The largest absolute Gasteiger partial charge is 0.497 e. The van der Waals surface area contributed by atoms with Crippen molar-refractivity contribution >= 4 is 40.2 Å². The summed E-state index contributed by atoms with van der Waals surface area (Å²) >= 11 is 8.57. The number of benzene rings is 1. The molecule has 1 aromatic carbocycles. The number of pyridine rings is 1. The summed E-state index contributed by atoms with van der Waals surface area (Å²) in [6, 6.07) is 5.57. The molecule has 6 nitrogen and oxygen atoms in total. The van der Waals surface area contributed by atoms with Crippen LogP contribution in [0.1, 0.15) is 63.0 Å². The molecule has 4 rings (SSSR count). The number of aromatic nitrogens is 1. The van der Waals surface area contributed by atoms with Gasteiger partial charge in [-0.25, -0.2) is 0 Å². The molecule has 0 radical (unpaired) electrons. The predicted octanol–water partition coefficient (Wildman–Crippen LogP) is 5.80. The van der Waals surface area contributed by atoms with E-state index >= 15 is 0 Å². The Morgan fingerprint density at radius 3 is 2.83 bits per heavy atom. The van der Waals surface area contributed by atoms with Gasteiger partial charge in [0.25, 0.3) is 0 Å². The third kappa shape index (κ3) is 7.03. The molecule has 1 saturated heterocycles. The minimum Gasteiger partial charge on any atom is -0.497 e. The summed E-state index contributed by atoms with van der Waals surface area (Å²) in [5.74, 6) is 1.47. The third-order valence-electron chi connectivity index (χ3n) is 7.69. The summed E-state index contributed by atoms with van der Waals surface area (Å²) in [5.41, 5.74) is 1.43. The number of aliphatic carboxylic acids is 1. The van der Waals surface area contributed by atoms with Gasteiger partial charge < -0.3 is 19.8 Å². The minimum absolute atomic E-state index is 0.106. The number of carboxylic acid groups (broad SMARTS) is 1. The number of piperidine rings is 1. The van der Waals surface area contributed by atoms with Gasteiger partial charge in [-0.2, -0.15) is 11.8 Å². The third-order valence-corrected chi connectivity index (χ3v) is 9.35. The maximum atomic E-state index is 11.6. The fourth-order valence-corrected chi connectivity index (χ4v) is 7.39. The number of thioether (sulfide) groups is 1. The second-order valence-corrected chi connectivity index (χ2v) is 11.8. The van der Waals surface area contributed by atoms with E-state index in [1.807, 2.05) is 18.2 Å². The summed E-state index contributed by atoms with van der Waals surface area (Å²) in [4.78, 5) is 18.4. The van der Waals surface area contributed by atoms with Crippen molar-refractivity contribution in [3.8, 4) is 5.75 Å². The smallest absolute Gasteiger partial charge is 0.303 e. The topological polar surface area (TPSA) is 82.9 Å². The number of carboxylic acids is 1. The molecule has 2 N–H and O–H groups in total. The van der Waals surface area contributed by atoms with Gasteiger partial charge in [0.05, 0.1) is 23.8 Å². The normalized spacial score (nSPS) is 22.5. The highest BCUT2D eigenvalue weighted by molar-refractivity contribution is 7.99. The number of aliphatic hydroxyl groups excluding tert-OH is 1. The van der Waals surface area contributed by atoms with Crippen molar-refractivity contribution in [1.29, 1.82) is 0 Å². The molecule has 192 valence electrons. The molecular formula is C27H37ClN2O4S. The lowest BCUT2D eigenvalue weighted by Gasteiger charge is -2.38. The van der Waals surface area contributed by atoms with Crippen molar-refractivity contribution in [3.05, 3.63) is 35.0 Å². The molecule has 8 heteroatoms. The second kappa shape index (κ2) is 12.6. The Morgan fingerprint density at radius 1 is 1.29 bits per heavy atom. The maximum Gasteiger partial charge on any atom is 0.303 e. The minimum atomic E-state index is -0.744. The summed E-state index contributed by atoms with van der Waals surface area (Å²) in [6.45, 7) is 2.86. The molecule has 0 spiro atoms. The lowest BCUT2D eigenvalue weighted by atomic mass is 9.79. The van der Waals surface area contributed by atoms with E-state index in [2.05, 4.69) is 21.6 Å². The van der Waals surface area contributed by atoms with Crippen LogP contribution in [0.15, 0.2) is 24.4 Å². The second-order valence-electron chi connectivity index (χ2n) is 9.98. The first-order chi connectivity index (χ1) is 16.9. The van der Waals surface area contributed by atoms with Crippen molar-refractivity contribution in [2.45, 2.75) is 62.7 Å². The van der Waals surface area contributed by atoms with Crippen LogP contribution in [0.2, 0.25) is 5.02 Å². The van der Waals surface area contributed by atoms with E-state index in [0.29, 0.717) is 22.8 Å². The van der Waals surface area contributed by atoms with Gasteiger partial charge in [-0.15, -0.1) is 0 Å². The molecule has 2 aliphatic rings. The molecular weight excluding hydrogens is 484 g/mol. The van der Waals surface area contributed by atoms with Crippen LogP contribution in [0, 0.1) is 11.8 Å². The van der Waals surface area contributed by atoms with Crippen molar-refractivity contribution in [3.63, 3.8) is 0 Å². The fourth-order valence-electron chi connectivity index (χ4n) is 5.75. The number of fused-ring (bicyclic) bond motifs is 1. The number of hydrogen-bond donors (Lipinski definition) is 2. The molecule has 0 amide bonds. The number of carbonyl (C=O) groups is 1. The summed E-state index contributed by atoms with van der Waals surface area (Å²) in [5, 5.41) is 22.7. The van der Waals surface area contributed by atoms with Gasteiger partial charge in [-0.1, -0.05) is 24.4 Å². The van der Waals surface area contributed by atoms with Crippen molar-refractivity contribution in [2.24, 2.45) is 11.8 Å². The molecule has 0 bridgehead atoms. The Hall–Kier alpha value is -1.54. The molecule has 3 atom stereocenters. The maximum absolute atomic E-state index is 11.6. The Morgan fingerprint density at radius 2 is 2.09 bits per heavy atom. The Balaban J connectivity index is 1.37. The van der Waals surface area contributed by atoms with Crippen LogP contribution in [-0.4, -0.2) is 63.8 Å². The standard InChI is InChI=1S/C27H37ClN2O4S/c1-34-20-7-8-24-22(15-20)27(23(28)16-29-24)25(31)9-6-18-10-11-30(17-19(18)14-26(32)33)12-13-35-21-4-2-3-5-21/h7-8,15-16,18-19,21,25,31H,2-6,9-14,17H2,1H3,(H,32,33)/t18-,19-,25+/m1/s1. The van der Waals surface area contributed by atoms with Crippen LogP contribution >= 0.6 is 23.4 Å². The Labute approximate surface area is 217 Å². The molecule has 1 saturated carbocycles. The fraction of sp³-hybridized carbons (Fsp3) is 0.630. The Kier molecular flexibility index (Phi) is 9.56. The van der Waals surface area contributed by atoms with Crippen molar-refractivity contribution in [2.75, 3.05) is 32.5 Å². The zero-order valence-corrected chi connectivity index (χ0v) is 22.1. The van der Waals surface area contributed by atoms with E-state index in [4.69, 9.17) is 16.3 Å². The van der Waals surface area contributed by atoms with Crippen LogP contribution in [0.3, 0.4) is 0 Å². The van der Waals surface area contributed by atoms with Gasteiger partial charge in [0, 0.05) is 47.7 Å². The van der Waals surface area contributed by atoms with E-state index in [1.165, 1.54) is 25.7 Å². The SMILES string of the molecule is COc1ccc2ncc(Cl)c([C@@H](O)CC[C@@H]3CCN(CCSC4CCCC4)C[C@H]3CC(=O)O)c2c1. The first kappa shape index (κ1) is 26.5. The van der Waals surface area contributed by atoms with Crippen LogP contribution in [-0.2, 0) is 4.79 Å².